The first-order valence-electron chi connectivity index (χ1n) is 6.54. The number of carbonyl (C=O) groups excluding carboxylic acids is 1. The molecule has 0 saturated heterocycles. The highest BCUT2D eigenvalue weighted by Gasteiger charge is 2.17. The molecule has 2 nitrogen and oxygen atoms in total. The van der Waals surface area contributed by atoms with Crippen LogP contribution in [0.2, 0.25) is 0 Å². The van der Waals surface area contributed by atoms with Crippen molar-refractivity contribution >= 4 is 5.91 Å². The van der Waals surface area contributed by atoms with E-state index in [-0.39, 0.29) is 11.9 Å². The average Bonchev–Trinajstić information content (AvgIpc) is 2.37. The Balaban J connectivity index is 2.60. The van der Waals surface area contributed by atoms with E-state index < -0.39 is 0 Å². The second kappa shape index (κ2) is 7.10. The fourth-order valence-corrected chi connectivity index (χ4v) is 2.14. The maximum absolute atomic E-state index is 12.0. The van der Waals surface area contributed by atoms with Gasteiger partial charge in [-0.1, -0.05) is 45.4 Å². The highest BCUT2D eigenvalue weighted by atomic mass is 16.1. The summed E-state index contributed by atoms with van der Waals surface area (Å²) in [6.45, 7) is 6.52. The molecule has 0 spiro atoms. The molecule has 0 aliphatic heterocycles. The molecule has 0 aromatic heterocycles. The Hall–Kier alpha value is -1.31. The van der Waals surface area contributed by atoms with Gasteiger partial charge in [0.2, 0.25) is 0 Å². The molecule has 1 N–H and O–H groups in total. The maximum Gasteiger partial charge on any atom is 0.251 e. The highest BCUT2D eigenvalue weighted by Crippen LogP contribution is 2.14. The molecule has 0 aliphatic rings. The van der Waals surface area contributed by atoms with Gasteiger partial charge in [0.15, 0.2) is 0 Å². The zero-order valence-electron chi connectivity index (χ0n) is 11.1. The van der Waals surface area contributed by atoms with Crippen molar-refractivity contribution in [1.82, 2.24) is 5.32 Å². The van der Waals surface area contributed by atoms with Crippen molar-refractivity contribution in [2.45, 2.75) is 46.1 Å². The van der Waals surface area contributed by atoms with Gasteiger partial charge >= 0.3 is 0 Å². The van der Waals surface area contributed by atoms with Crippen LogP contribution in [0.3, 0.4) is 0 Å². The normalized spacial score (nSPS) is 14.1. The molecule has 1 rings (SSSR count). The second-order valence-corrected chi connectivity index (χ2v) is 4.62. The maximum atomic E-state index is 12.0. The molecular formula is C15H23NO. The Kier molecular flexibility index (Phi) is 5.75. The molecule has 0 saturated carbocycles. The third-order valence-corrected chi connectivity index (χ3v) is 3.22. The van der Waals surface area contributed by atoms with Crippen molar-refractivity contribution in [3.8, 4) is 0 Å². The molecule has 0 fully saturated rings. The van der Waals surface area contributed by atoms with Crippen molar-refractivity contribution in [3.63, 3.8) is 0 Å². The van der Waals surface area contributed by atoms with Crippen LogP contribution in [0.25, 0.3) is 0 Å². The average molecular weight is 233 g/mol. The Morgan fingerprint density at radius 2 is 1.88 bits per heavy atom. The van der Waals surface area contributed by atoms with Gasteiger partial charge < -0.3 is 5.32 Å². The monoisotopic (exact) mass is 233 g/mol. The number of amides is 1. The zero-order valence-corrected chi connectivity index (χ0v) is 11.1. The molecule has 0 heterocycles. The van der Waals surface area contributed by atoms with Crippen molar-refractivity contribution in [2.75, 3.05) is 0 Å². The van der Waals surface area contributed by atoms with Crippen LogP contribution < -0.4 is 5.32 Å². The van der Waals surface area contributed by atoms with Crippen LogP contribution in [0.5, 0.6) is 0 Å². The summed E-state index contributed by atoms with van der Waals surface area (Å²) < 4.78 is 0. The standard InChI is InChI=1S/C15H23NO/c1-4-9-12(3)14(5-2)16-15(17)13-10-7-6-8-11-13/h6-8,10-12,14H,4-5,9H2,1-3H3,(H,16,17). The topological polar surface area (TPSA) is 29.1 Å². The summed E-state index contributed by atoms with van der Waals surface area (Å²) in [4.78, 5) is 12.0. The first-order valence-corrected chi connectivity index (χ1v) is 6.54. The van der Waals surface area contributed by atoms with E-state index in [9.17, 15) is 4.79 Å². The second-order valence-electron chi connectivity index (χ2n) is 4.62. The minimum atomic E-state index is 0.0420. The minimum Gasteiger partial charge on any atom is -0.349 e. The molecule has 2 unspecified atom stereocenters. The predicted molar refractivity (Wildman–Crippen MR) is 72.1 cm³/mol. The molecule has 94 valence electrons. The molecule has 0 radical (unpaired) electrons. The van der Waals surface area contributed by atoms with Gasteiger partial charge in [-0.2, -0.15) is 0 Å². The van der Waals surface area contributed by atoms with Gasteiger partial charge in [-0.05, 0) is 30.9 Å². The lowest BCUT2D eigenvalue weighted by Crippen LogP contribution is -2.38. The summed E-state index contributed by atoms with van der Waals surface area (Å²) in [6.07, 6.45) is 3.31. The van der Waals surface area contributed by atoms with Gasteiger partial charge in [-0.25, -0.2) is 0 Å². The van der Waals surface area contributed by atoms with Crippen molar-refractivity contribution in [1.29, 1.82) is 0 Å². The molecule has 17 heavy (non-hydrogen) atoms. The van der Waals surface area contributed by atoms with Gasteiger partial charge in [0.1, 0.15) is 0 Å². The first-order chi connectivity index (χ1) is 8.19. The zero-order chi connectivity index (χ0) is 12.7. The molecule has 0 aliphatic carbocycles. The molecular weight excluding hydrogens is 210 g/mol. The Labute approximate surface area is 104 Å². The Morgan fingerprint density at radius 3 is 2.41 bits per heavy atom. The number of hydrogen-bond donors (Lipinski definition) is 1. The smallest absolute Gasteiger partial charge is 0.251 e. The van der Waals surface area contributed by atoms with Crippen molar-refractivity contribution < 1.29 is 4.79 Å². The summed E-state index contributed by atoms with van der Waals surface area (Å²) in [5.74, 6) is 0.582. The summed E-state index contributed by atoms with van der Waals surface area (Å²) >= 11 is 0. The van der Waals surface area contributed by atoms with Crippen LogP contribution in [-0.2, 0) is 0 Å². The van der Waals surface area contributed by atoms with Crippen molar-refractivity contribution in [3.05, 3.63) is 35.9 Å². The van der Waals surface area contributed by atoms with Gasteiger partial charge in [-0.15, -0.1) is 0 Å². The summed E-state index contributed by atoms with van der Waals surface area (Å²) in [7, 11) is 0. The third-order valence-electron chi connectivity index (χ3n) is 3.22. The number of rotatable bonds is 6. The fourth-order valence-electron chi connectivity index (χ4n) is 2.14. The molecule has 1 aromatic rings. The van der Waals surface area contributed by atoms with Gasteiger partial charge in [-0.3, -0.25) is 4.79 Å². The van der Waals surface area contributed by atoms with Crippen LogP contribution in [0.4, 0.5) is 0 Å². The van der Waals surface area contributed by atoms with E-state index in [2.05, 4.69) is 26.1 Å². The first kappa shape index (κ1) is 13.8. The van der Waals surface area contributed by atoms with Gasteiger partial charge in [0.25, 0.3) is 5.91 Å². The number of benzene rings is 1. The quantitative estimate of drug-likeness (QED) is 0.798. The fraction of sp³-hybridized carbons (Fsp3) is 0.533. The molecule has 0 bridgehead atoms. The lowest BCUT2D eigenvalue weighted by molar-refractivity contribution is 0.0921. The van der Waals surface area contributed by atoms with E-state index in [1.54, 1.807) is 0 Å². The number of carbonyl (C=O) groups is 1. The van der Waals surface area contributed by atoms with E-state index in [1.165, 1.54) is 6.42 Å². The van der Waals surface area contributed by atoms with E-state index in [1.807, 2.05) is 30.3 Å². The summed E-state index contributed by atoms with van der Waals surface area (Å²) in [6, 6.07) is 9.70. The van der Waals surface area contributed by atoms with Gasteiger partial charge in [0.05, 0.1) is 0 Å². The minimum absolute atomic E-state index is 0.0420. The van der Waals surface area contributed by atoms with Crippen LogP contribution in [-0.4, -0.2) is 11.9 Å². The van der Waals surface area contributed by atoms with Crippen molar-refractivity contribution in [2.24, 2.45) is 5.92 Å². The van der Waals surface area contributed by atoms with Crippen LogP contribution in [0.15, 0.2) is 30.3 Å². The highest BCUT2D eigenvalue weighted by molar-refractivity contribution is 5.94. The molecule has 1 aromatic carbocycles. The van der Waals surface area contributed by atoms with E-state index in [4.69, 9.17) is 0 Å². The number of nitrogens with one attached hydrogen (secondary N) is 1. The Bertz CT molecular complexity index is 334. The number of hydrogen-bond acceptors (Lipinski definition) is 1. The summed E-state index contributed by atoms with van der Waals surface area (Å²) in [5.41, 5.74) is 0.745. The lowest BCUT2D eigenvalue weighted by Gasteiger charge is -2.23. The van der Waals surface area contributed by atoms with Crippen LogP contribution in [0.1, 0.15) is 50.4 Å². The van der Waals surface area contributed by atoms with E-state index in [0.717, 1.165) is 18.4 Å². The van der Waals surface area contributed by atoms with Gasteiger partial charge in [0, 0.05) is 11.6 Å². The predicted octanol–water partition coefficient (Wildman–Crippen LogP) is 3.63. The molecule has 2 atom stereocenters. The lowest BCUT2D eigenvalue weighted by atomic mass is 9.94. The van der Waals surface area contributed by atoms with Crippen LogP contribution in [0, 0.1) is 5.92 Å². The summed E-state index contributed by atoms with van der Waals surface area (Å²) in [5, 5.41) is 3.13. The molecule has 2 heteroatoms. The van der Waals surface area contributed by atoms with E-state index in [0.29, 0.717) is 5.92 Å². The third kappa shape index (κ3) is 4.22. The van der Waals surface area contributed by atoms with E-state index >= 15 is 0 Å². The molecule has 1 amide bonds. The largest absolute Gasteiger partial charge is 0.349 e. The van der Waals surface area contributed by atoms with Crippen LogP contribution >= 0.6 is 0 Å². The SMILES string of the molecule is CCCC(C)C(CC)NC(=O)c1ccccc1. The Morgan fingerprint density at radius 1 is 1.24 bits per heavy atom.